The number of rotatable bonds is 6. The average molecular weight is 322 g/mol. The van der Waals surface area contributed by atoms with Crippen molar-refractivity contribution in [2.45, 2.75) is 44.6 Å². The molecule has 1 aliphatic rings. The summed E-state index contributed by atoms with van der Waals surface area (Å²) < 4.78 is 4.84. The van der Waals surface area contributed by atoms with Gasteiger partial charge in [0.25, 0.3) is 11.5 Å². The Bertz CT molecular complexity index is 638. The van der Waals surface area contributed by atoms with Gasteiger partial charge < -0.3 is 20.1 Å². The van der Waals surface area contributed by atoms with Crippen LogP contribution in [0.4, 0.5) is 0 Å². The molecule has 1 aliphatic carbocycles. The first-order chi connectivity index (χ1) is 11.0. The highest BCUT2D eigenvalue weighted by Crippen LogP contribution is 2.18. The molecule has 1 atom stereocenters. The standard InChI is InChI=1S/C16H22N2O5/c1-23-8-7-13(16(21)22)18-15(20)11-9-10-5-3-2-4-6-12(10)17-14(11)19/h9,13H,2-8H2,1H3,(H,17,19)(H,18,20)(H,21,22). The summed E-state index contributed by atoms with van der Waals surface area (Å²) in [5, 5.41) is 11.5. The molecule has 2 rings (SSSR count). The van der Waals surface area contributed by atoms with Crippen molar-refractivity contribution < 1.29 is 19.4 Å². The third-order valence-electron chi connectivity index (χ3n) is 4.05. The van der Waals surface area contributed by atoms with Gasteiger partial charge in [-0.05, 0) is 37.3 Å². The van der Waals surface area contributed by atoms with E-state index in [2.05, 4.69) is 10.3 Å². The van der Waals surface area contributed by atoms with Crippen LogP contribution in [0.25, 0.3) is 0 Å². The zero-order chi connectivity index (χ0) is 16.8. The van der Waals surface area contributed by atoms with Gasteiger partial charge in [0.1, 0.15) is 11.6 Å². The molecule has 1 aromatic rings. The zero-order valence-corrected chi connectivity index (χ0v) is 13.2. The number of fused-ring (bicyclic) bond motifs is 1. The van der Waals surface area contributed by atoms with E-state index < -0.39 is 23.5 Å². The van der Waals surface area contributed by atoms with Crippen LogP contribution in [0.5, 0.6) is 0 Å². The lowest BCUT2D eigenvalue weighted by Gasteiger charge is -2.14. The molecule has 7 nitrogen and oxygen atoms in total. The van der Waals surface area contributed by atoms with Crippen molar-refractivity contribution in [3.8, 4) is 0 Å². The lowest BCUT2D eigenvalue weighted by Crippen LogP contribution is -2.43. The number of H-pyrrole nitrogens is 1. The second-order valence-electron chi connectivity index (χ2n) is 5.72. The zero-order valence-electron chi connectivity index (χ0n) is 13.2. The molecule has 1 amide bonds. The first-order valence-corrected chi connectivity index (χ1v) is 7.80. The van der Waals surface area contributed by atoms with Crippen LogP contribution in [-0.2, 0) is 22.4 Å². The smallest absolute Gasteiger partial charge is 0.326 e. The number of carbonyl (C=O) groups is 2. The molecule has 0 radical (unpaired) electrons. The van der Waals surface area contributed by atoms with E-state index in [-0.39, 0.29) is 18.6 Å². The molecule has 0 aliphatic heterocycles. The van der Waals surface area contributed by atoms with Gasteiger partial charge in [-0.15, -0.1) is 0 Å². The molecule has 0 bridgehead atoms. The fourth-order valence-electron chi connectivity index (χ4n) is 2.75. The van der Waals surface area contributed by atoms with Crippen molar-refractivity contribution in [2.24, 2.45) is 0 Å². The highest BCUT2D eigenvalue weighted by Gasteiger charge is 2.23. The number of aryl methyl sites for hydroxylation is 2. The molecule has 23 heavy (non-hydrogen) atoms. The van der Waals surface area contributed by atoms with E-state index >= 15 is 0 Å². The van der Waals surface area contributed by atoms with Gasteiger partial charge in [0.15, 0.2) is 0 Å². The number of methoxy groups -OCH3 is 1. The Morgan fingerprint density at radius 1 is 1.35 bits per heavy atom. The summed E-state index contributed by atoms with van der Waals surface area (Å²) >= 11 is 0. The van der Waals surface area contributed by atoms with Crippen LogP contribution in [0.2, 0.25) is 0 Å². The predicted octanol–water partition coefficient (Wildman–Crippen LogP) is 0.863. The van der Waals surface area contributed by atoms with Crippen molar-refractivity contribution in [3.63, 3.8) is 0 Å². The molecule has 0 saturated heterocycles. The maximum atomic E-state index is 12.3. The number of aliphatic carboxylic acids is 1. The van der Waals surface area contributed by atoms with Crippen LogP contribution in [0.15, 0.2) is 10.9 Å². The number of carboxylic acids is 1. The first-order valence-electron chi connectivity index (χ1n) is 7.80. The second-order valence-corrected chi connectivity index (χ2v) is 5.72. The van der Waals surface area contributed by atoms with E-state index in [0.29, 0.717) is 0 Å². The van der Waals surface area contributed by atoms with Crippen LogP contribution in [-0.4, -0.2) is 41.7 Å². The number of pyridine rings is 1. The van der Waals surface area contributed by atoms with Crippen LogP contribution in [0.1, 0.15) is 47.3 Å². The Kier molecular flexibility index (Phi) is 5.92. The highest BCUT2D eigenvalue weighted by atomic mass is 16.5. The van der Waals surface area contributed by atoms with E-state index in [0.717, 1.165) is 43.4 Å². The number of aromatic amines is 1. The van der Waals surface area contributed by atoms with Gasteiger partial charge in [-0.25, -0.2) is 4.79 Å². The number of ether oxygens (including phenoxy) is 1. The summed E-state index contributed by atoms with van der Waals surface area (Å²) in [6.07, 6.45) is 4.89. The third kappa shape index (κ3) is 4.41. The molecule has 0 saturated carbocycles. The number of nitrogens with one attached hydrogen (secondary N) is 2. The molecule has 126 valence electrons. The van der Waals surface area contributed by atoms with Crippen LogP contribution in [0.3, 0.4) is 0 Å². The predicted molar refractivity (Wildman–Crippen MR) is 83.7 cm³/mol. The van der Waals surface area contributed by atoms with Crippen LogP contribution >= 0.6 is 0 Å². The molecule has 0 fully saturated rings. The molecule has 0 spiro atoms. The highest BCUT2D eigenvalue weighted by molar-refractivity contribution is 5.96. The van der Waals surface area contributed by atoms with Crippen molar-refractivity contribution in [3.05, 3.63) is 33.2 Å². The van der Waals surface area contributed by atoms with Gasteiger partial charge in [-0.2, -0.15) is 0 Å². The minimum Gasteiger partial charge on any atom is -0.480 e. The first kappa shape index (κ1) is 17.2. The fraction of sp³-hybridized carbons (Fsp3) is 0.562. The minimum atomic E-state index is -1.15. The topological polar surface area (TPSA) is 108 Å². The van der Waals surface area contributed by atoms with Gasteiger partial charge in [0.2, 0.25) is 0 Å². The van der Waals surface area contributed by atoms with E-state index in [1.165, 1.54) is 7.11 Å². The van der Waals surface area contributed by atoms with Gasteiger partial charge in [-0.3, -0.25) is 9.59 Å². The molecular weight excluding hydrogens is 300 g/mol. The van der Waals surface area contributed by atoms with Gasteiger partial charge in [0, 0.05) is 25.8 Å². The number of hydrogen-bond acceptors (Lipinski definition) is 4. The number of aromatic nitrogens is 1. The Hall–Kier alpha value is -2.15. The summed E-state index contributed by atoms with van der Waals surface area (Å²) in [4.78, 5) is 38.4. The summed E-state index contributed by atoms with van der Waals surface area (Å²) in [5.41, 5.74) is 1.35. The Labute approximate surface area is 134 Å². The van der Waals surface area contributed by atoms with Gasteiger partial charge in [0.05, 0.1) is 0 Å². The van der Waals surface area contributed by atoms with Crippen molar-refractivity contribution in [1.29, 1.82) is 0 Å². The Morgan fingerprint density at radius 2 is 2.09 bits per heavy atom. The maximum Gasteiger partial charge on any atom is 0.326 e. The molecule has 0 aromatic carbocycles. The summed E-state index contributed by atoms with van der Waals surface area (Å²) in [7, 11) is 1.46. The van der Waals surface area contributed by atoms with E-state index in [1.807, 2.05) is 0 Å². The fourth-order valence-corrected chi connectivity index (χ4v) is 2.75. The van der Waals surface area contributed by atoms with Crippen LogP contribution in [0, 0.1) is 0 Å². The Morgan fingerprint density at radius 3 is 2.78 bits per heavy atom. The van der Waals surface area contributed by atoms with Crippen molar-refractivity contribution >= 4 is 11.9 Å². The van der Waals surface area contributed by atoms with E-state index in [9.17, 15) is 14.4 Å². The number of carboxylic acid groups (broad SMARTS) is 1. The molecule has 1 heterocycles. The van der Waals surface area contributed by atoms with Gasteiger partial charge >= 0.3 is 5.97 Å². The normalized spacial score (nSPS) is 15.3. The summed E-state index contributed by atoms with van der Waals surface area (Å²) in [6, 6.07) is 0.519. The van der Waals surface area contributed by atoms with Crippen LogP contribution < -0.4 is 10.9 Å². The number of amides is 1. The number of carbonyl (C=O) groups excluding carboxylic acids is 1. The second kappa shape index (κ2) is 7.92. The van der Waals surface area contributed by atoms with E-state index in [4.69, 9.17) is 9.84 Å². The van der Waals surface area contributed by atoms with Gasteiger partial charge in [-0.1, -0.05) is 6.42 Å². The minimum absolute atomic E-state index is 0.0330. The molecule has 7 heteroatoms. The SMILES string of the molecule is COCCC(NC(=O)c1cc2c([nH]c1=O)CCCCC2)C(=O)O. The summed E-state index contributed by atoms with van der Waals surface area (Å²) in [5.74, 6) is -1.82. The lowest BCUT2D eigenvalue weighted by atomic mass is 10.1. The maximum absolute atomic E-state index is 12.3. The summed E-state index contributed by atoms with van der Waals surface area (Å²) in [6.45, 7) is 0.206. The van der Waals surface area contributed by atoms with E-state index in [1.54, 1.807) is 6.07 Å². The quantitative estimate of drug-likeness (QED) is 0.673. The average Bonchev–Trinajstić information content (AvgIpc) is 2.74. The molecule has 1 unspecified atom stereocenters. The monoisotopic (exact) mass is 322 g/mol. The lowest BCUT2D eigenvalue weighted by molar-refractivity contribution is -0.139. The molecule has 1 aromatic heterocycles. The molecule has 3 N–H and O–H groups in total. The van der Waals surface area contributed by atoms with Crippen molar-refractivity contribution in [1.82, 2.24) is 10.3 Å². The third-order valence-corrected chi connectivity index (χ3v) is 4.05. The Balaban J connectivity index is 2.20. The number of hydrogen-bond donors (Lipinski definition) is 3. The van der Waals surface area contributed by atoms with Crippen molar-refractivity contribution in [2.75, 3.05) is 13.7 Å². The molecular formula is C16H22N2O5. The largest absolute Gasteiger partial charge is 0.480 e.